The van der Waals surface area contributed by atoms with Gasteiger partial charge in [-0.1, -0.05) is 5.16 Å². The summed E-state index contributed by atoms with van der Waals surface area (Å²) < 4.78 is 5.28. The molecule has 0 saturated carbocycles. The summed E-state index contributed by atoms with van der Waals surface area (Å²) in [5.41, 5.74) is 1.27. The predicted molar refractivity (Wildman–Crippen MR) is 61.6 cm³/mol. The number of nitrogens with zero attached hydrogens (tertiary/aromatic N) is 3. The van der Waals surface area contributed by atoms with Gasteiger partial charge in [-0.3, -0.25) is 4.98 Å². The lowest BCUT2D eigenvalue weighted by atomic mass is 9.89. The van der Waals surface area contributed by atoms with E-state index < -0.39 is 0 Å². The van der Waals surface area contributed by atoms with Crippen LogP contribution >= 0.6 is 0 Å². The van der Waals surface area contributed by atoms with Gasteiger partial charge in [-0.25, -0.2) is 0 Å². The van der Waals surface area contributed by atoms with Gasteiger partial charge in [0.1, 0.15) is 0 Å². The number of aryl methyl sites for hydroxylation is 1. The molecule has 1 fully saturated rings. The summed E-state index contributed by atoms with van der Waals surface area (Å²) in [4.78, 5) is 8.38. The Morgan fingerprint density at radius 2 is 2.00 bits per heavy atom. The van der Waals surface area contributed by atoms with Gasteiger partial charge in [0.15, 0.2) is 5.82 Å². The van der Waals surface area contributed by atoms with Gasteiger partial charge in [-0.2, -0.15) is 4.98 Å². The maximum atomic E-state index is 5.28. The number of nitrogens with one attached hydrogen (secondary N) is 1. The molecule has 0 aromatic carbocycles. The van der Waals surface area contributed by atoms with Crippen molar-refractivity contribution in [2.75, 3.05) is 13.1 Å². The van der Waals surface area contributed by atoms with E-state index in [2.05, 4.69) is 20.4 Å². The average molecular weight is 230 g/mol. The van der Waals surface area contributed by atoms with Crippen molar-refractivity contribution in [3.8, 4) is 0 Å². The Labute approximate surface area is 99.3 Å². The molecule has 88 valence electrons. The Kier molecular flexibility index (Phi) is 2.60. The van der Waals surface area contributed by atoms with Crippen LogP contribution in [0, 0.1) is 6.92 Å². The summed E-state index contributed by atoms with van der Waals surface area (Å²) in [6.07, 6.45) is 3.65. The molecule has 1 aliphatic rings. The van der Waals surface area contributed by atoms with E-state index in [9.17, 15) is 0 Å². The van der Waals surface area contributed by atoms with Crippen LogP contribution in [-0.2, 0) is 0 Å². The van der Waals surface area contributed by atoms with Crippen LogP contribution < -0.4 is 5.32 Å². The fourth-order valence-corrected chi connectivity index (χ4v) is 2.36. The van der Waals surface area contributed by atoms with E-state index in [0.717, 1.165) is 19.0 Å². The Hall–Kier alpha value is -1.75. The molecule has 3 heterocycles. The number of hydrogen-bond donors (Lipinski definition) is 1. The molecule has 2 atom stereocenters. The van der Waals surface area contributed by atoms with Crippen LogP contribution in [0.25, 0.3) is 0 Å². The number of hydrogen-bond acceptors (Lipinski definition) is 5. The summed E-state index contributed by atoms with van der Waals surface area (Å²) in [5.74, 6) is 2.08. The van der Waals surface area contributed by atoms with Crippen molar-refractivity contribution in [2.45, 2.75) is 18.8 Å². The molecule has 3 rings (SSSR count). The first-order valence-electron chi connectivity index (χ1n) is 5.75. The van der Waals surface area contributed by atoms with Crippen LogP contribution in [0.2, 0.25) is 0 Å². The molecule has 2 aromatic heterocycles. The highest BCUT2D eigenvalue weighted by Crippen LogP contribution is 2.34. The van der Waals surface area contributed by atoms with Crippen molar-refractivity contribution in [1.82, 2.24) is 20.4 Å². The molecule has 1 aliphatic heterocycles. The molecule has 0 bridgehead atoms. The van der Waals surface area contributed by atoms with Gasteiger partial charge in [-0.15, -0.1) is 0 Å². The van der Waals surface area contributed by atoms with Crippen molar-refractivity contribution >= 4 is 0 Å². The van der Waals surface area contributed by atoms with E-state index in [-0.39, 0.29) is 5.92 Å². The number of pyridine rings is 1. The standard InChI is InChI=1S/C12H14N4O/c1-8-15-12(17-16-8)11-7-14-6-10(11)9-2-4-13-5-3-9/h2-5,10-11,14H,6-7H2,1H3/t10-,11-/m1/s1. The molecule has 5 heteroatoms. The third kappa shape index (κ3) is 1.93. The number of aromatic nitrogens is 3. The zero-order valence-corrected chi connectivity index (χ0v) is 9.63. The average Bonchev–Trinajstić information content (AvgIpc) is 2.98. The normalized spacial score (nSPS) is 24.1. The van der Waals surface area contributed by atoms with Crippen LogP contribution in [0.15, 0.2) is 29.0 Å². The van der Waals surface area contributed by atoms with Crippen LogP contribution in [0.5, 0.6) is 0 Å². The Balaban J connectivity index is 1.90. The van der Waals surface area contributed by atoms with E-state index in [1.165, 1.54) is 5.56 Å². The Bertz CT molecular complexity index is 496. The molecule has 1 N–H and O–H groups in total. The zero-order valence-electron chi connectivity index (χ0n) is 9.63. The van der Waals surface area contributed by atoms with Crippen molar-refractivity contribution in [1.29, 1.82) is 0 Å². The van der Waals surface area contributed by atoms with Crippen molar-refractivity contribution < 1.29 is 4.52 Å². The van der Waals surface area contributed by atoms with Gasteiger partial charge >= 0.3 is 0 Å². The van der Waals surface area contributed by atoms with Gasteiger partial charge in [0.05, 0.1) is 5.92 Å². The highest BCUT2D eigenvalue weighted by molar-refractivity contribution is 5.23. The predicted octanol–water partition coefficient (Wildman–Crippen LogP) is 1.24. The molecule has 0 radical (unpaired) electrons. The van der Waals surface area contributed by atoms with E-state index in [1.54, 1.807) is 0 Å². The van der Waals surface area contributed by atoms with Crippen LogP contribution in [-0.4, -0.2) is 28.2 Å². The molecule has 0 aliphatic carbocycles. The second kappa shape index (κ2) is 4.25. The largest absolute Gasteiger partial charge is 0.339 e. The van der Waals surface area contributed by atoms with Crippen LogP contribution in [0.3, 0.4) is 0 Å². The Morgan fingerprint density at radius 3 is 2.71 bits per heavy atom. The minimum atomic E-state index is 0.263. The van der Waals surface area contributed by atoms with Crippen molar-refractivity contribution in [3.05, 3.63) is 41.8 Å². The molecule has 5 nitrogen and oxygen atoms in total. The Morgan fingerprint density at radius 1 is 1.24 bits per heavy atom. The minimum absolute atomic E-state index is 0.263. The molecular weight excluding hydrogens is 216 g/mol. The lowest BCUT2D eigenvalue weighted by molar-refractivity contribution is 0.348. The van der Waals surface area contributed by atoms with E-state index in [4.69, 9.17) is 4.52 Å². The molecule has 2 aromatic rings. The molecule has 1 saturated heterocycles. The first-order chi connectivity index (χ1) is 8.34. The summed E-state index contributed by atoms with van der Waals surface area (Å²) in [6, 6.07) is 4.10. The van der Waals surface area contributed by atoms with Gasteiger partial charge < -0.3 is 9.84 Å². The first kappa shape index (κ1) is 10.4. The quantitative estimate of drug-likeness (QED) is 0.841. The van der Waals surface area contributed by atoms with Gasteiger partial charge in [0, 0.05) is 31.4 Å². The summed E-state index contributed by atoms with van der Waals surface area (Å²) in [5, 5.41) is 7.24. The topological polar surface area (TPSA) is 63.8 Å². The number of rotatable bonds is 2. The van der Waals surface area contributed by atoms with Crippen molar-refractivity contribution in [3.63, 3.8) is 0 Å². The molecule has 17 heavy (non-hydrogen) atoms. The van der Waals surface area contributed by atoms with Crippen LogP contribution in [0.4, 0.5) is 0 Å². The second-order valence-corrected chi connectivity index (χ2v) is 4.33. The minimum Gasteiger partial charge on any atom is -0.339 e. The van der Waals surface area contributed by atoms with Crippen molar-refractivity contribution in [2.24, 2.45) is 0 Å². The van der Waals surface area contributed by atoms with E-state index in [0.29, 0.717) is 11.7 Å². The SMILES string of the molecule is Cc1noc([C@@H]2CNC[C@@H]2c2ccncc2)n1. The smallest absolute Gasteiger partial charge is 0.231 e. The van der Waals surface area contributed by atoms with Crippen LogP contribution in [0.1, 0.15) is 29.1 Å². The van der Waals surface area contributed by atoms with Gasteiger partial charge in [-0.05, 0) is 24.6 Å². The lowest BCUT2D eigenvalue weighted by Gasteiger charge is -2.14. The maximum Gasteiger partial charge on any atom is 0.231 e. The monoisotopic (exact) mass is 230 g/mol. The highest BCUT2D eigenvalue weighted by atomic mass is 16.5. The van der Waals surface area contributed by atoms with E-state index in [1.807, 2.05) is 31.5 Å². The van der Waals surface area contributed by atoms with Gasteiger partial charge in [0.2, 0.25) is 5.89 Å². The molecule has 0 unspecified atom stereocenters. The summed E-state index contributed by atoms with van der Waals surface area (Å²) in [7, 11) is 0. The molecular formula is C12H14N4O. The second-order valence-electron chi connectivity index (χ2n) is 4.33. The highest BCUT2D eigenvalue weighted by Gasteiger charge is 2.33. The maximum absolute atomic E-state index is 5.28. The summed E-state index contributed by atoms with van der Waals surface area (Å²) in [6.45, 7) is 3.67. The third-order valence-corrected chi connectivity index (χ3v) is 3.21. The third-order valence-electron chi connectivity index (χ3n) is 3.21. The lowest BCUT2D eigenvalue weighted by Crippen LogP contribution is -2.09. The fraction of sp³-hybridized carbons (Fsp3) is 0.417. The van der Waals surface area contributed by atoms with E-state index >= 15 is 0 Å². The molecule has 0 spiro atoms. The zero-order chi connectivity index (χ0) is 11.7. The summed E-state index contributed by atoms with van der Waals surface area (Å²) >= 11 is 0. The molecule has 0 amide bonds. The fourth-order valence-electron chi connectivity index (χ4n) is 2.36. The van der Waals surface area contributed by atoms with Gasteiger partial charge in [0.25, 0.3) is 0 Å². The first-order valence-corrected chi connectivity index (χ1v) is 5.75.